The summed E-state index contributed by atoms with van der Waals surface area (Å²) in [6.45, 7) is -0.273. The van der Waals surface area contributed by atoms with Gasteiger partial charge < -0.3 is 19.5 Å². The van der Waals surface area contributed by atoms with E-state index in [0.717, 1.165) is 0 Å². The van der Waals surface area contributed by atoms with E-state index < -0.39 is 17.9 Å². The number of esters is 1. The number of hydrogen-bond acceptors (Lipinski definition) is 6. The molecule has 23 heavy (non-hydrogen) atoms. The highest BCUT2D eigenvalue weighted by Gasteiger charge is 2.23. The number of benzene rings is 1. The lowest BCUT2D eigenvalue weighted by atomic mass is 10.1. The summed E-state index contributed by atoms with van der Waals surface area (Å²) >= 11 is 3.31. The molecule has 0 saturated carbocycles. The highest BCUT2D eigenvalue weighted by atomic mass is 79.9. The van der Waals surface area contributed by atoms with Crippen LogP contribution in [0.2, 0.25) is 0 Å². The van der Waals surface area contributed by atoms with Crippen LogP contribution in [-0.4, -0.2) is 38.7 Å². The van der Waals surface area contributed by atoms with Gasteiger partial charge in [-0.1, -0.05) is 0 Å². The van der Waals surface area contributed by atoms with Crippen LogP contribution in [0.1, 0.15) is 5.56 Å². The molecule has 122 valence electrons. The van der Waals surface area contributed by atoms with Crippen molar-refractivity contribution in [1.82, 2.24) is 10.6 Å². The van der Waals surface area contributed by atoms with Gasteiger partial charge in [-0.2, -0.15) is 0 Å². The summed E-state index contributed by atoms with van der Waals surface area (Å²) in [5.74, 6) is -0.383. The summed E-state index contributed by atoms with van der Waals surface area (Å²) in [6, 6.07) is 2.67. The van der Waals surface area contributed by atoms with Crippen LogP contribution in [0.5, 0.6) is 11.5 Å². The van der Waals surface area contributed by atoms with Gasteiger partial charge in [-0.3, -0.25) is 10.1 Å². The maximum absolute atomic E-state index is 11.5. The smallest absolute Gasteiger partial charge is 0.343 e. The molecule has 0 aromatic heterocycles. The third kappa shape index (κ3) is 4.01. The maximum Gasteiger partial charge on any atom is 0.343 e. The molecule has 1 aliphatic heterocycles. The molecular formula is C14H13BrN2O6. The molecule has 3 amide bonds. The Morgan fingerprint density at radius 3 is 2.57 bits per heavy atom. The predicted molar refractivity (Wildman–Crippen MR) is 82.9 cm³/mol. The van der Waals surface area contributed by atoms with Gasteiger partial charge >= 0.3 is 12.0 Å². The summed E-state index contributed by atoms with van der Waals surface area (Å²) < 4.78 is 15.6. The fourth-order valence-electron chi connectivity index (χ4n) is 1.80. The molecule has 1 saturated heterocycles. The van der Waals surface area contributed by atoms with Crippen LogP contribution < -0.4 is 20.1 Å². The zero-order valence-electron chi connectivity index (χ0n) is 12.3. The molecule has 0 atom stereocenters. The number of carbonyl (C=O) groups excluding carboxylic acids is 3. The molecule has 1 aromatic carbocycles. The monoisotopic (exact) mass is 384 g/mol. The van der Waals surface area contributed by atoms with Crippen molar-refractivity contribution in [3.8, 4) is 11.5 Å². The highest BCUT2D eigenvalue weighted by molar-refractivity contribution is 9.10. The van der Waals surface area contributed by atoms with Crippen LogP contribution in [0.3, 0.4) is 0 Å². The second-order valence-corrected chi connectivity index (χ2v) is 5.22. The van der Waals surface area contributed by atoms with E-state index in [1.165, 1.54) is 20.3 Å². The van der Waals surface area contributed by atoms with Crippen LogP contribution in [0, 0.1) is 0 Å². The molecule has 2 N–H and O–H groups in total. The second-order valence-electron chi connectivity index (χ2n) is 4.37. The molecule has 8 nitrogen and oxygen atoms in total. The van der Waals surface area contributed by atoms with E-state index in [2.05, 4.69) is 31.3 Å². The number of nitrogens with one attached hydrogen (secondary N) is 2. The Hall–Kier alpha value is -2.55. The minimum absolute atomic E-state index is 0.118. The molecule has 0 spiro atoms. The average molecular weight is 385 g/mol. The van der Waals surface area contributed by atoms with E-state index in [9.17, 15) is 14.4 Å². The standard InChI is InChI=1S/C14H13BrN2O6/c1-21-10-5-7(4-9-13(19)17-14(20)16-9)3-8(15)12(10)23-6-11(18)22-2/h3-5H,6H2,1-2H3,(H2,16,17,19,20). The second kappa shape index (κ2) is 7.14. The number of ether oxygens (including phenoxy) is 3. The SMILES string of the molecule is COC(=O)COc1c(Br)cc(C=C2NC(=O)NC2=O)cc1OC. The summed E-state index contributed by atoms with van der Waals surface area (Å²) in [4.78, 5) is 33.8. The zero-order chi connectivity index (χ0) is 17.0. The number of halogens is 1. The first-order valence-electron chi connectivity index (χ1n) is 6.35. The minimum atomic E-state index is -0.578. The number of rotatable bonds is 5. The number of methoxy groups -OCH3 is 2. The van der Waals surface area contributed by atoms with Crippen LogP contribution in [-0.2, 0) is 14.3 Å². The molecule has 1 heterocycles. The van der Waals surface area contributed by atoms with E-state index >= 15 is 0 Å². The van der Waals surface area contributed by atoms with E-state index in [1.807, 2.05) is 0 Å². The minimum Gasteiger partial charge on any atom is -0.493 e. The lowest BCUT2D eigenvalue weighted by molar-refractivity contribution is -0.142. The van der Waals surface area contributed by atoms with Gasteiger partial charge in [0.25, 0.3) is 5.91 Å². The largest absolute Gasteiger partial charge is 0.493 e. The van der Waals surface area contributed by atoms with Gasteiger partial charge in [0.05, 0.1) is 18.7 Å². The Bertz CT molecular complexity index is 701. The van der Waals surface area contributed by atoms with Crippen molar-refractivity contribution in [2.24, 2.45) is 0 Å². The maximum atomic E-state index is 11.5. The molecule has 1 aromatic rings. The lowest BCUT2D eigenvalue weighted by Gasteiger charge is -2.13. The molecule has 0 unspecified atom stereocenters. The number of urea groups is 1. The normalized spacial score (nSPS) is 15.2. The molecule has 2 rings (SSSR count). The van der Waals surface area contributed by atoms with E-state index in [-0.39, 0.29) is 12.3 Å². The van der Waals surface area contributed by atoms with Crippen molar-refractivity contribution in [3.63, 3.8) is 0 Å². The molecule has 0 radical (unpaired) electrons. The van der Waals surface area contributed by atoms with Crippen LogP contribution in [0.4, 0.5) is 4.79 Å². The van der Waals surface area contributed by atoms with Gasteiger partial charge in [-0.05, 0) is 39.7 Å². The molecular weight excluding hydrogens is 372 g/mol. The van der Waals surface area contributed by atoms with Gasteiger partial charge in [0, 0.05) is 0 Å². The topological polar surface area (TPSA) is 103 Å². The Balaban J connectivity index is 2.29. The summed E-state index contributed by atoms with van der Waals surface area (Å²) in [5, 5.41) is 4.49. The Kier molecular flexibility index (Phi) is 5.22. The van der Waals surface area contributed by atoms with Gasteiger partial charge in [-0.15, -0.1) is 0 Å². The van der Waals surface area contributed by atoms with Crippen molar-refractivity contribution in [2.45, 2.75) is 0 Å². The van der Waals surface area contributed by atoms with E-state index in [1.54, 1.807) is 12.1 Å². The van der Waals surface area contributed by atoms with Crippen molar-refractivity contribution in [2.75, 3.05) is 20.8 Å². The quantitative estimate of drug-likeness (QED) is 0.449. The molecule has 0 aliphatic carbocycles. The molecule has 1 aliphatic rings. The predicted octanol–water partition coefficient (Wildman–Crippen LogP) is 1.19. The number of imide groups is 1. The van der Waals surface area contributed by atoms with Crippen LogP contribution >= 0.6 is 15.9 Å². The van der Waals surface area contributed by atoms with Gasteiger partial charge in [0.1, 0.15) is 5.70 Å². The fraction of sp³-hybridized carbons (Fsp3) is 0.214. The van der Waals surface area contributed by atoms with E-state index in [0.29, 0.717) is 21.5 Å². The Morgan fingerprint density at radius 2 is 2.00 bits per heavy atom. The van der Waals surface area contributed by atoms with E-state index in [4.69, 9.17) is 9.47 Å². The first-order valence-corrected chi connectivity index (χ1v) is 7.15. The van der Waals surface area contributed by atoms with Crippen molar-refractivity contribution in [3.05, 3.63) is 27.9 Å². The third-order valence-electron chi connectivity index (χ3n) is 2.84. The van der Waals surface area contributed by atoms with Crippen molar-refractivity contribution < 1.29 is 28.6 Å². The fourth-order valence-corrected chi connectivity index (χ4v) is 2.38. The summed E-state index contributed by atoms with van der Waals surface area (Å²) in [7, 11) is 2.70. The molecule has 9 heteroatoms. The third-order valence-corrected chi connectivity index (χ3v) is 3.43. The number of carbonyl (C=O) groups is 3. The average Bonchev–Trinajstić information content (AvgIpc) is 2.82. The summed E-state index contributed by atoms with van der Waals surface area (Å²) in [5.41, 5.74) is 0.707. The lowest BCUT2D eigenvalue weighted by Crippen LogP contribution is -2.22. The first kappa shape index (κ1) is 16.8. The van der Waals surface area contributed by atoms with Gasteiger partial charge in [0.15, 0.2) is 18.1 Å². The number of hydrogen-bond donors (Lipinski definition) is 2. The summed E-state index contributed by atoms with van der Waals surface area (Å²) in [6.07, 6.45) is 1.48. The van der Waals surface area contributed by atoms with Crippen LogP contribution in [0.15, 0.2) is 22.3 Å². The van der Waals surface area contributed by atoms with Gasteiger partial charge in [0.2, 0.25) is 0 Å². The first-order chi connectivity index (χ1) is 10.9. The highest BCUT2D eigenvalue weighted by Crippen LogP contribution is 2.37. The van der Waals surface area contributed by atoms with Gasteiger partial charge in [-0.25, -0.2) is 9.59 Å². The Morgan fingerprint density at radius 1 is 1.26 bits per heavy atom. The van der Waals surface area contributed by atoms with Crippen molar-refractivity contribution >= 4 is 39.9 Å². The van der Waals surface area contributed by atoms with Crippen molar-refractivity contribution in [1.29, 1.82) is 0 Å². The zero-order valence-corrected chi connectivity index (χ0v) is 13.9. The molecule has 1 fully saturated rings. The van der Waals surface area contributed by atoms with Crippen LogP contribution in [0.25, 0.3) is 6.08 Å². The number of amides is 3. The molecule has 0 bridgehead atoms. The Labute approximate surface area is 139 Å².